The Bertz CT molecular complexity index is 949. The molecule has 174 valence electrons. The van der Waals surface area contributed by atoms with Gasteiger partial charge in [-0.25, -0.2) is 9.38 Å². The summed E-state index contributed by atoms with van der Waals surface area (Å²) in [6.07, 6.45) is 0.784. The molecule has 2 N–H and O–H groups in total. The van der Waals surface area contributed by atoms with Gasteiger partial charge in [-0.15, -0.1) is 24.0 Å². The van der Waals surface area contributed by atoms with Crippen LogP contribution in [-0.4, -0.2) is 50.6 Å². The molecule has 1 atom stereocenters. The third-order valence-corrected chi connectivity index (χ3v) is 5.44. The highest BCUT2D eigenvalue weighted by Gasteiger charge is 2.25. The number of ether oxygens (including phenoxy) is 1. The molecule has 1 amide bonds. The Labute approximate surface area is 206 Å². The number of benzene rings is 2. The molecule has 0 saturated heterocycles. The molecule has 1 unspecified atom stereocenters. The zero-order chi connectivity index (χ0) is 22.4. The van der Waals surface area contributed by atoms with Gasteiger partial charge in [0.05, 0.1) is 12.6 Å². The fraction of sp³-hybridized carbons (Fsp3) is 0.417. The summed E-state index contributed by atoms with van der Waals surface area (Å²) >= 11 is 0. The first-order valence-corrected chi connectivity index (χ1v) is 10.5. The highest BCUT2D eigenvalue weighted by molar-refractivity contribution is 14.0. The van der Waals surface area contributed by atoms with Gasteiger partial charge in [0.1, 0.15) is 18.1 Å². The highest BCUT2D eigenvalue weighted by Crippen LogP contribution is 2.31. The number of amides is 1. The van der Waals surface area contributed by atoms with Crippen LogP contribution in [0.4, 0.5) is 4.39 Å². The molecule has 2 aromatic carbocycles. The van der Waals surface area contributed by atoms with E-state index >= 15 is 0 Å². The van der Waals surface area contributed by atoms with E-state index in [0.717, 1.165) is 23.3 Å². The van der Waals surface area contributed by atoms with E-state index in [1.54, 1.807) is 26.2 Å². The molecule has 1 aliphatic rings. The van der Waals surface area contributed by atoms with Gasteiger partial charge in [-0.2, -0.15) is 0 Å². The Kier molecular flexibility index (Phi) is 9.30. The van der Waals surface area contributed by atoms with Gasteiger partial charge in [-0.1, -0.05) is 44.2 Å². The summed E-state index contributed by atoms with van der Waals surface area (Å²) in [5, 5.41) is 6.81. The first-order chi connectivity index (χ1) is 14.8. The molecule has 2 aromatic rings. The van der Waals surface area contributed by atoms with E-state index in [1.807, 2.05) is 44.2 Å². The standard InChI is InChI=1S/C24H31FN4O2.HI/c1-24(2,17-8-7-9-18(25)14-17)16-27-23(26-15-22(30)29(3)4)28-20-12-13-31-21-11-6-5-10-19(20)21;/h5-11,14,20H,12-13,15-16H2,1-4H3,(H2,26,27,28);1H. The quantitative estimate of drug-likeness (QED) is 0.324. The van der Waals surface area contributed by atoms with E-state index in [4.69, 9.17) is 4.74 Å². The molecule has 1 aliphatic heterocycles. The Balaban J connectivity index is 0.00000363. The van der Waals surface area contributed by atoms with Gasteiger partial charge >= 0.3 is 0 Å². The van der Waals surface area contributed by atoms with Crippen LogP contribution in [0.15, 0.2) is 53.5 Å². The average molecular weight is 554 g/mol. The zero-order valence-corrected chi connectivity index (χ0v) is 21.4. The van der Waals surface area contributed by atoms with E-state index in [1.165, 1.54) is 11.0 Å². The number of guanidine groups is 1. The summed E-state index contributed by atoms with van der Waals surface area (Å²) in [6.45, 7) is 5.24. The lowest BCUT2D eigenvalue weighted by molar-refractivity contribution is -0.127. The maximum atomic E-state index is 13.7. The fourth-order valence-corrected chi connectivity index (χ4v) is 3.41. The third kappa shape index (κ3) is 6.82. The second kappa shape index (κ2) is 11.5. The number of carbonyl (C=O) groups excluding carboxylic acids is 1. The Morgan fingerprint density at radius 2 is 1.97 bits per heavy atom. The van der Waals surface area contributed by atoms with Crippen LogP contribution >= 0.6 is 24.0 Å². The summed E-state index contributed by atoms with van der Waals surface area (Å²) in [6, 6.07) is 14.6. The van der Waals surface area contributed by atoms with Crippen molar-refractivity contribution in [3.63, 3.8) is 0 Å². The smallest absolute Gasteiger partial charge is 0.243 e. The second-order valence-corrected chi connectivity index (χ2v) is 8.57. The summed E-state index contributed by atoms with van der Waals surface area (Å²) < 4.78 is 19.5. The van der Waals surface area contributed by atoms with Crippen molar-refractivity contribution in [3.05, 3.63) is 65.5 Å². The number of rotatable bonds is 6. The van der Waals surface area contributed by atoms with Gasteiger partial charge in [0, 0.05) is 38.0 Å². The van der Waals surface area contributed by atoms with Gasteiger partial charge in [-0.3, -0.25) is 4.79 Å². The molecule has 8 heteroatoms. The maximum absolute atomic E-state index is 13.7. The van der Waals surface area contributed by atoms with E-state index in [0.29, 0.717) is 19.1 Å². The Morgan fingerprint density at radius 3 is 2.69 bits per heavy atom. The maximum Gasteiger partial charge on any atom is 0.243 e. The largest absolute Gasteiger partial charge is 0.493 e. The molecule has 1 heterocycles. The number of carbonyl (C=O) groups is 1. The number of likely N-dealkylation sites (N-methyl/N-ethyl adjacent to an activating group) is 1. The van der Waals surface area contributed by atoms with Crippen LogP contribution < -0.4 is 15.4 Å². The fourth-order valence-electron chi connectivity index (χ4n) is 3.41. The molecular weight excluding hydrogens is 522 g/mol. The van der Waals surface area contributed by atoms with Crippen molar-refractivity contribution in [1.29, 1.82) is 0 Å². The SMILES string of the molecule is CN(C)C(=O)CN=C(NCC(C)(C)c1cccc(F)c1)NC1CCOc2ccccc21.I. The third-order valence-electron chi connectivity index (χ3n) is 5.44. The van der Waals surface area contributed by atoms with Crippen molar-refractivity contribution < 1.29 is 13.9 Å². The van der Waals surface area contributed by atoms with Crippen molar-refractivity contribution in [2.75, 3.05) is 33.8 Å². The lowest BCUT2D eigenvalue weighted by Crippen LogP contribution is -2.46. The molecule has 32 heavy (non-hydrogen) atoms. The molecule has 3 rings (SSSR count). The van der Waals surface area contributed by atoms with Crippen LogP contribution in [0.1, 0.15) is 37.4 Å². The first-order valence-electron chi connectivity index (χ1n) is 10.5. The number of nitrogens with one attached hydrogen (secondary N) is 2. The van der Waals surface area contributed by atoms with Crippen LogP contribution in [0.25, 0.3) is 0 Å². The van der Waals surface area contributed by atoms with Gasteiger partial charge < -0.3 is 20.3 Å². The zero-order valence-electron chi connectivity index (χ0n) is 19.0. The number of hydrogen-bond acceptors (Lipinski definition) is 3. The lowest BCUT2D eigenvalue weighted by atomic mass is 9.84. The van der Waals surface area contributed by atoms with Crippen molar-refractivity contribution in [3.8, 4) is 5.75 Å². The minimum Gasteiger partial charge on any atom is -0.493 e. The molecule has 6 nitrogen and oxygen atoms in total. The molecule has 0 radical (unpaired) electrons. The van der Waals surface area contributed by atoms with E-state index < -0.39 is 0 Å². The Morgan fingerprint density at radius 1 is 1.22 bits per heavy atom. The van der Waals surface area contributed by atoms with Crippen molar-refractivity contribution >= 4 is 35.8 Å². The van der Waals surface area contributed by atoms with Crippen LogP contribution in [0.5, 0.6) is 5.75 Å². The molecular formula is C24H32FIN4O2. The number of para-hydroxylation sites is 1. The van der Waals surface area contributed by atoms with Crippen molar-refractivity contribution in [2.24, 2.45) is 4.99 Å². The average Bonchev–Trinajstić information content (AvgIpc) is 2.75. The highest BCUT2D eigenvalue weighted by atomic mass is 127. The van der Waals surface area contributed by atoms with Crippen LogP contribution in [0.2, 0.25) is 0 Å². The van der Waals surface area contributed by atoms with E-state index in [9.17, 15) is 9.18 Å². The Hall–Kier alpha value is -2.36. The minimum atomic E-state index is -0.344. The number of halogens is 2. The van der Waals surface area contributed by atoms with Gasteiger partial charge in [0.25, 0.3) is 0 Å². The molecule has 0 bridgehead atoms. The van der Waals surface area contributed by atoms with Crippen LogP contribution in [0.3, 0.4) is 0 Å². The topological polar surface area (TPSA) is 66.0 Å². The van der Waals surface area contributed by atoms with E-state index in [-0.39, 0.29) is 53.7 Å². The summed E-state index contributed by atoms with van der Waals surface area (Å²) in [5.74, 6) is 1.06. The van der Waals surface area contributed by atoms with Gasteiger partial charge in [-0.05, 0) is 23.8 Å². The predicted molar refractivity (Wildman–Crippen MR) is 136 cm³/mol. The number of nitrogens with zero attached hydrogens (tertiary/aromatic N) is 2. The number of hydrogen-bond donors (Lipinski definition) is 2. The first kappa shape index (κ1) is 25.9. The molecule has 0 aromatic heterocycles. The molecule has 0 fully saturated rings. The molecule has 0 spiro atoms. The minimum absolute atomic E-state index is 0. The van der Waals surface area contributed by atoms with Crippen molar-refractivity contribution in [1.82, 2.24) is 15.5 Å². The number of aliphatic imine (C=N–C) groups is 1. The van der Waals surface area contributed by atoms with E-state index in [2.05, 4.69) is 15.6 Å². The lowest BCUT2D eigenvalue weighted by Gasteiger charge is -2.30. The van der Waals surface area contributed by atoms with Gasteiger partial charge in [0.15, 0.2) is 5.96 Å². The molecule has 0 saturated carbocycles. The van der Waals surface area contributed by atoms with Crippen molar-refractivity contribution in [2.45, 2.75) is 31.7 Å². The normalized spacial score (nSPS) is 15.7. The summed E-state index contributed by atoms with van der Waals surface area (Å²) in [7, 11) is 3.42. The van der Waals surface area contributed by atoms with Gasteiger partial charge in [0.2, 0.25) is 5.91 Å². The monoisotopic (exact) mass is 554 g/mol. The number of fused-ring (bicyclic) bond motifs is 1. The van der Waals surface area contributed by atoms with Crippen LogP contribution in [0, 0.1) is 5.82 Å². The predicted octanol–water partition coefficient (Wildman–Crippen LogP) is 3.87. The molecule has 0 aliphatic carbocycles. The summed E-state index contributed by atoms with van der Waals surface area (Å²) in [5.41, 5.74) is 1.61. The van der Waals surface area contributed by atoms with Crippen LogP contribution in [-0.2, 0) is 10.2 Å². The summed E-state index contributed by atoms with van der Waals surface area (Å²) in [4.78, 5) is 18.1. The second-order valence-electron chi connectivity index (χ2n) is 8.57.